The van der Waals surface area contributed by atoms with Crippen molar-refractivity contribution >= 4 is 22.0 Å². The van der Waals surface area contributed by atoms with E-state index in [1.807, 2.05) is 16.7 Å². The Kier molecular flexibility index (Phi) is 9.74. The van der Waals surface area contributed by atoms with Crippen LogP contribution >= 0.6 is 0 Å². The molecule has 0 bridgehead atoms. The van der Waals surface area contributed by atoms with Crippen molar-refractivity contribution in [1.82, 2.24) is 29.4 Å². The molecular weight excluding hydrogens is 566 g/mol. The van der Waals surface area contributed by atoms with Crippen molar-refractivity contribution in [2.45, 2.75) is 62.0 Å². The predicted octanol–water partition coefficient (Wildman–Crippen LogP) is 2.88. The molecule has 226 valence electrons. The lowest BCUT2D eigenvalue weighted by molar-refractivity contribution is -0.126. The van der Waals surface area contributed by atoms with Crippen LogP contribution in [0.3, 0.4) is 0 Å². The van der Waals surface area contributed by atoms with Crippen LogP contribution in [0.2, 0.25) is 0 Å². The third-order valence-corrected chi connectivity index (χ3v) is 10.0. The van der Waals surface area contributed by atoms with E-state index in [1.165, 1.54) is 21.3 Å². The monoisotopic (exact) mass is 603 g/mol. The molecule has 0 unspecified atom stereocenters. The first-order chi connectivity index (χ1) is 20.8. The summed E-state index contributed by atoms with van der Waals surface area (Å²) in [6, 6.07) is 16.4. The number of hydrogen-bond donors (Lipinski definition) is 2. The quantitative estimate of drug-likeness (QED) is 0.386. The topological polar surface area (TPSA) is 140 Å². The van der Waals surface area contributed by atoms with Crippen LogP contribution in [0.25, 0.3) is 0 Å². The Hall–Kier alpha value is -4.21. The minimum Gasteiger partial charge on any atom is -0.354 e. The minimum atomic E-state index is -3.84. The van der Waals surface area contributed by atoms with Crippen molar-refractivity contribution in [1.29, 1.82) is 5.26 Å². The number of urea groups is 1. The number of piperazine rings is 1. The van der Waals surface area contributed by atoms with Gasteiger partial charge in [0.1, 0.15) is 6.04 Å². The highest BCUT2D eigenvalue weighted by molar-refractivity contribution is 7.89. The number of carbonyl (C=O) groups excluding carboxylic acids is 2. The minimum absolute atomic E-state index is 0.0624. The van der Waals surface area contributed by atoms with Crippen molar-refractivity contribution in [3.05, 3.63) is 83.9 Å². The summed E-state index contributed by atoms with van der Waals surface area (Å²) in [5.41, 5.74) is 2.52. The van der Waals surface area contributed by atoms with E-state index in [9.17, 15) is 18.0 Å². The average Bonchev–Trinajstić information content (AvgIpc) is 3.48. The normalized spacial score (nSPS) is 18.1. The number of nitrogens with one attached hydrogen (secondary N) is 2. The molecule has 11 nitrogen and oxygen atoms in total. The van der Waals surface area contributed by atoms with E-state index < -0.39 is 22.0 Å². The Bertz CT molecular complexity index is 1540. The van der Waals surface area contributed by atoms with Crippen molar-refractivity contribution in [3.8, 4) is 6.07 Å². The second kappa shape index (κ2) is 13.8. The first-order valence-electron chi connectivity index (χ1n) is 14.7. The fraction of sp³-hybridized carbons (Fsp3) is 0.419. The van der Waals surface area contributed by atoms with Gasteiger partial charge in [-0.15, -0.1) is 0 Å². The summed E-state index contributed by atoms with van der Waals surface area (Å²) < 4.78 is 30.1. The lowest BCUT2D eigenvalue weighted by Crippen LogP contribution is -2.63. The van der Waals surface area contributed by atoms with Gasteiger partial charge in [0, 0.05) is 57.1 Å². The van der Waals surface area contributed by atoms with E-state index in [1.54, 1.807) is 42.9 Å². The summed E-state index contributed by atoms with van der Waals surface area (Å²) in [7, 11) is -3.84. The van der Waals surface area contributed by atoms with Gasteiger partial charge in [-0.2, -0.15) is 9.57 Å². The van der Waals surface area contributed by atoms with Gasteiger partial charge in [0.05, 0.1) is 22.9 Å². The Morgan fingerprint density at radius 2 is 1.74 bits per heavy atom. The van der Waals surface area contributed by atoms with Crippen LogP contribution in [0.15, 0.2) is 72.0 Å². The van der Waals surface area contributed by atoms with Gasteiger partial charge in [0.15, 0.2) is 0 Å². The summed E-state index contributed by atoms with van der Waals surface area (Å²) in [5, 5.41) is 15.1. The highest BCUT2D eigenvalue weighted by Gasteiger charge is 2.40. The summed E-state index contributed by atoms with van der Waals surface area (Å²) in [6.07, 6.45) is 9.03. The van der Waals surface area contributed by atoms with Crippen molar-refractivity contribution in [2.75, 3.05) is 26.2 Å². The van der Waals surface area contributed by atoms with Crippen LogP contribution in [-0.4, -0.2) is 77.4 Å². The molecule has 43 heavy (non-hydrogen) atoms. The number of nitrogens with zero attached hydrogens (tertiary/aromatic N) is 5. The number of benzene rings is 2. The molecule has 2 N–H and O–H groups in total. The molecule has 3 amide bonds. The Morgan fingerprint density at radius 1 is 1.00 bits per heavy atom. The summed E-state index contributed by atoms with van der Waals surface area (Å²) in [4.78, 5) is 32.8. The molecule has 1 saturated heterocycles. The standard InChI is InChI=1S/C31H37N7O4S/c32-19-24-11-13-25(14-12-24)21-36-23-33-20-27(36)15-16-34-30(39)29-22-37(43(41,42)28-9-5-2-6-10-28)17-18-38(29)31(40)35-26-7-3-1-4-8-26/h2,5-6,9-14,20,23,26,29H,1,3-4,7-8,15-18,21-22H2,(H,34,39)(H,35,40)/t29-/m1/s1. The van der Waals surface area contributed by atoms with Crippen molar-refractivity contribution < 1.29 is 18.0 Å². The van der Waals surface area contributed by atoms with Gasteiger partial charge in [-0.3, -0.25) is 4.79 Å². The lowest BCUT2D eigenvalue weighted by Gasteiger charge is -2.40. The Balaban J connectivity index is 1.25. The van der Waals surface area contributed by atoms with Gasteiger partial charge < -0.3 is 20.1 Å². The second-order valence-corrected chi connectivity index (χ2v) is 13.0. The maximum Gasteiger partial charge on any atom is 0.318 e. The Morgan fingerprint density at radius 3 is 2.47 bits per heavy atom. The molecule has 0 radical (unpaired) electrons. The fourth-order valence-electron chi connectivity index (χ4n) is 5.70. The second-order valence-electron chi connectivity index (χ2n) is 11.0. The highest BCUT2D eigenvalue weighted by Crippen LogP contribution is 2.22. The fourth-order valence-corrected chi connectivity index (χ4v) is 7.16. The zero-order valence-electron chi connectivity index (χ0n) is 24.1. The highest BCUT2D eigenvalue weighted by atomic mass is 32.2. The molecule has 2 heterocycles. The maximum absolute atomic E-state index is 13.6. The summed E-state index contributed by atoms with van der Waals surface area (Å²) in [6.45, 7) is 0.947. The van der Waals surface area contributed by atoms with E-state index in [4.69, 9.17) is 5.26 Å². The predicted molar refractivity (Wildman–Crippen MR) is 160 cm³/mol. The van der Waals surface area contributed by atoms with Crippen LogP contribution in [0.5, 0.6) is 0 Å². The smallest absolute Gasteiger partial charge is 0.318 e. The van der Waals surface area contributed by atoms with Gasteiger partial charge in [-0.05, 0) is 42.7 Å². The van der Waals surface area contributed by atoms with Crippen LogP contribution in [0.1, 0.15) is 48.9 Å². The molecule has 2 fully saturated rings. The van der Waals surface area contributed by atoms with Gasteiger partial charge >= 0.3 is 6.03 Å². The van der Waals surface area contributed by atoms with Gasteiger partial charge in [0.2, 0.25) is 15.9 Å². The van der Waals surface area contributed by atoms with Crippen LogP contribution in [-0.2, 0) is 27.8 Å². The van der Waals surface area contributed by atoms with Gasteiger partial charge in [-0.1, -0.05) is 49.6 Å². The molecular formula is C31H37N7O4S. The molecule has 2 aromatic carbocycles. The maximum atomic E-state index is 13.6. The molecule has 1 aromatic heterocycles. The third kappa shape index (κ3) is 7.42. The number of rotatable bonds is 9. The number of imidazole rings is 1. The van der Waals surface area contributed by atoms with E-state index in [-0.39, 0.29) is 43.1 Å². The van der Waals surface area contributed by atoms with E-state index in [0.717, 1.165) is 43.4 Å². The molecule has 1 atom stereocenters. The van der Waals surface area contributed by atoms with Crippen molar-refractivity contribution in [3.63, 3.8) is 0 Å². The molecule has 2 aliphatic rings. The molecule has 3 aromatic rings. The average molecular weight is 604 g/mol. The molecule has 12 heteroatoms. The molecule has 5 rings (SSSR count). The van der Waals surface area contributed by atoms with Gasteiger partial charge in [-0.25, -0.2) is 18.2 Å². The van der Waals surface area contributed by atoms with Crippen LogP contribution in [0.4, 0.5) is 4.79 Å². The van der Waals surface area contributed by atoms with Gasteiger partial charge in [0.25, 0.3) is 0 Å². The molecule has 1 aliphatic carbocycles. The molecule has 1 aliphatic heterocycles. The number of sulfonamides is 1. The number of carbonyl (C=O) groups is 2. The number of hydrogen-bond acceptors (Lipinski definition) is 6. The summed E-state index contributed by atoms with van der Waals surface area (Å²) in [5.74, 6) is -0.398. The largest absolute Gasteiger partial charge is 0.354 e. The molecule has 0 spiro atoms. The van der Waals surface area contributed by atoms with Crippen LogP contribution < -0.4 is 10.6 Å². The van der Waals surface area contributed by atoms with E-state index in [0.29, 0.717) is 18.5 Å². The Labute approximate surface area is 252 Å². The zero-order valence-corrected chi connectivity index (χ0v) is 24.9. The SMILES string of the molecule is N#Cc1ccc(Cn2cncc2CCNC(=O)[C@H]2CN(S(=O)(=O)c3ccccc3)CCN2C(=O)NC2CCCCC2)cc1. The first kappa shape index (κ1) is 30.3. The van der Waals surface area contributed by atoms with Crippen molar-refractivity contribution in [2.24, 2.45) is 0 Å². The first-order valence-corrected chi connectivity index (χ1v) is 16.2. The molecule has 1 saturated carbocycles. The van der Waals surface area contributed by atoms with E-state index >= 15 is 0 Å². The third-order valence-electron chi connectivity index (χ3n) is 8.14. The van der Waals surface area contributed by atoms with E-state index in [2.05, 4.69) is 21.7 Å². The number of aromatic nitrogens is 2. The van der Waals surface area contributed by atoms with Crippen LogP contribution in [0, 0.1) is 11.3 Å². The zero-order chi connectivity index (χ0) is 30.2. The number of amides is 3. The number of nitriles is 1. The lowest BCUT2D eigenvalue weighted by atomic mass is 9.96. The summed E-state index contributed by atoms with van der Waals surface area (Å²) >= 11 is 0.